The molecule has 0 aromatic heterocycles. The summed E-state index contributed by atoms with van der Waals surface area (Å²) in [6.45, 7) is 11.0. The Balaban J connectivity index is 2.49. The molecule has 0 aromatic carbocycles. The van der Waals surface area contributed by atoms with Crippen LogP contribution in [-0.4, -0.2) is 25.3 Å². The van der Waals surface area contributed by atoms with Crippen molar-refractivity contribution in [2.45, 2.75) is 52.7 Å². The predicted molar refractivity (Wildman–Crippen MR) is 60.4 cm³/mol. The summed E-state index contributed by atoms with van der Waals surface area (Å²) in [5, 5.41) is 3.62. The molecule has 0 amide bonds. The fraction of sp³-hybridized carbons (Fsp3) is 1.00. The zero-order valence-electron chi connectivity index (χ0n) is 10.0. The minimum Gasteiger partial charge on any atom is -0.378 e. The van der Waals surface area contributed by atoms with Crippen molar-refractivity contribution in [3.8, 4) is 0 Å². The first kappa shape index (κ1) is 12.0. The Morgan fingerprint density at radius 3 is 2.57 bits per heavy atom. The first-order valence-electron chi connectivity index (χ1n) is 6.04. The van der Waals surface area contributed by atoms with Crippen molar-refractivity contribution in [2.24, 2.45) is 11.8 Å². The topological polar surface area (TPSA) is 21.3 Å². The molecule has 4 atom stereocenters. The van der Waals surface area contributed by atoms with Gasteiger partial charge >= 0.3 is 0 Å². The van der Waals surface area contributed by atoms with Crippen molar-refractivity contribution in [2.75, 3.05) is 13.2 Å². The summed E-state index contributed by atoms with van der Waals surface area (Å²) < 4.78 is 5.65. The van der Waals surface area contributed by atoms with Crippen molar-refractivity contribution in [3.05, 3.63) is 0 Å². The van der Waals surface area contributed by atoms with E-state index >= 15 is 0 Å². The van der Waals surface area contributed by atoms with Gasteiger partial charge in [0.2, 0.25) is 0 Å². The number of ether oxygens (including phenoxy) is 1. The van der Waals surface area contributed by atoms with Gasteiger partial charge in [-0.1, -0.05) is 27.2 Å². The lowest BCUT2D eigenvalue weighted by atomic mass is 9.86. The van der Waals surface area contributed by atoms with Gasteiger partial charge in [-0.3, -0.25) is 0 Å². The highest BCUT2D eigenvalue weighted by atomic mass is 16.5. The zero-order valence-corrected chi connectivity index (χ0v) is 10.0. The van der Waals surface area contributed by atoms with Crippen LogP contribution < -0.4 is 5.32 Å². The van der Waals surface area contributed by atoms with Crippen LogP contribution >= 0.6 is 0 Å². The smallest absolute Gasteiger partial charge is 0.0551 e. The molecule has 2 heteroatoms. The quantitative estimate of drug-likeness (QED) is 0.734. The van der Waals surface area contributed by atoms with Crippen LogP contribution in [0.1, 0.15) is 40.5 Å². The number of hydrogen-bond donors (Lipinski definition) is 1. The lowest BCUT2D eigenvalue weighted by molar-refractivity contribution is 0.114. The molecule has 0 aromatic rings. The molecular weight excluding hydrogens is 174 g/mol. The summed E-state index contributed by atoms with van der Waals surface area (Å²) >= 11 is 0. The molecule has 84 valence electrons. The standard InChI is InChI=1S/C12H25NO/c1-5-9(3)12(13-6-2)11-7-10(4)14-8-11/h9-13H,5-8H2,1-4H3. The van der Waals surface area contributed by atoms with Crippen molar-refractivity contribution in [1.29, 1.82) is 0 Å². The molecule has 0 saturated carbocycles. The number of hydrogen-bond acceptors (Lipinski definition) is 2. The van der Waals surface area contributed by atoms with Crippen molar-refractivity contribution in [3.63, 3.8) is 0 Å². The molecule has 1 aliphatic heterocycles. The zero-order chi connectivity index (χ0) is 10.6. The Kier molecular flexibility index (Phi) is 4.90. The van der Waals surface area contributed by atoms with Gasteiger partial charge < -0.3 is 10.1 Å². The van der Waals surface area contributed by atoms with E-state index in [1.807, 2.05) is 0 Å². The predicted octanol–water partition coefficient (Wildman–Crippen LogP) is 2.44. The van der Waals surface area contributed by atoms with Crippen LogP contribution in [0.5, 0.6) is 0 Å². The molecule has 2 nitrogen and oxygen atoms in total. The third kappa shape index (κ3) is 2.96. The van der Waals surface area contributed by atoms with E-state index in [0.717, 1.165) is 25.0 Å². The van der Waals surface area contributed by atoms with Gasteiger partial charge in [0.25, 0.3) is 0 Å². The first-order chi connectivity index (χ1) is 6.69. The van der Waals surface area contributed by atoms with Gasteiger partial charge in [-0.2, -0.15) is 0 Å². The van der Waals surface area contributed by atoms with E-state index in [2.05, 4.69) is 33.0 Å². The minimum absolute atomic E-state index is 0.463. The maximum atomic E-state index is 5.65. The maximum Gasteiger partial charge on any atom is 0.0551 e. The van der Waals surface area contributed by atoms with Gasteiger partial charge in [0.1, 0.15) is 0 Å². The van der Waals surface area contributed by atoms with Gasteiger partial charge in [-0.05, 0) is 25.8 Å². The molecule has 1 N–H and O–H groups in total. The van der Waals surface area contributed by atoms with Crippen molar-refractivity contribution >= 4 is 0 Å². The highest BCUT2D eigenvalue weighted by Crippen LogP contribution is 2.27. The van der Waals surface area contributed by atoms with Crippen LogP contribution in [0.4, 0.5) is 0 Å². The molecule has 0 bridgehead atoms. The van der Waals surface area contributed by atoms with Crippen LogP contribution in [-0.2, 0) is 4.74 Å². The Morgan fingerprint density at radius 2 is 2.14 bits per heavy atom. The van der Waals surface area contributed by atoms with E-state index in [0.29, 0.717) is 12.1 Å². The van der Waals surface area contributed by atoms with Crippen molar-refractivity contribution in [1.82, 2.24) is 5.32 Å². The Morgan fingerprint density at radius 1 is 1.43 bits per heavy atom. The van der Waals surface area contributed by atoms with E-state index < -0.39 is 0 Å². The van der Waals surface area contributed by atoms with Crippen LogP contribution in [0.15, 0.2) is 0 Å². The van der Waals surface area contributed by atoms with Gasteiger partial charge in [-0.25, -0.2) is 0 Å². The molecule has 0 spiro atoms. The molecule has 0 aliphatic carbocycles. The maximum absolute atomic E-state index is 5.65. The normalized spacial score (nSPS) is 31.7. The van der Waals surface area contributed by atoms with E-state index in [1.54, 1.807) is 0 Å². The molecule has 1 fully saturated rings. The molecule has 1 heterocycles. The third-order valence-corrected chi connectivity index (χ3v) is 3.43. The Hall–Kier alpha value is -0.0800. The summed E-state index contributed by atoms with van der Waals surface area (Å²) in [6.07, 6.45) is 2.94. The lowest BCUT2D eigenvalue weighted by Crippen LogP contribution is -2.41. The van der Waals surface area contributed by atoms with Crippen LogP contribution in [0, 0.1) is 11.8 Å². The highest BCUT2D eigenvalue weighted by molar-refractivity contribution is 4.84. The molecule has 0 radical (unpaired) electrons. The molecule has 1 rings (SSSR count). The van der Waals surface area contributed by atoms with E-state index in [-0.39, 0.29) is 0 Å². The van der Waals surface area contributed by atoms with Crippen LogP contribution in [0.2, 0.25) is 0 Å². The molecule has 1 aliphatic rings. The average molecular weight is 199 g/mol. The third-order valence-electron chi connectivity index (χ3n) is 3.43. The minimum atomic E-state index is 0.463. The second-order valence-electron chi connectivity index (χ2n) is 4.61. The SMILES string of the molecule is CCNC(C(C)CC)C1COC(C)C1. The Labute approximate surface area is 88.4 Å². The highest BCUT2D eigenvalue weighted by Gasteiger charge is 2.31. The largest absolute Gasteiger partial charge is 0.378 e. The first-order valence-corrected chi connectivity index (χ1v) is 6.04. The fourth-order valence-electron chi connectivity index (χ4n) is 2.42. The molecule has 14 heavy (non-hydrogen) atoms. The van der Waals surface area contributed by atoms with E-state index in [9.17, 15) is 0 Å². The summed E-state index contributed by atoms with van der Waals surface area (Å²) in [5.74, 6) is 1.48. The van der Waals surface area contributed by atoms with Crippen molar-refractivity contribution < 1.29 is 4.74 Å². The molecular formula is C12H25NO. The average Bonchev–Trinajstić information content (AvgIpc) is 2.60. The van der Waals surface area contributed by atoms with E-state index in [4.69, 9.17) is 4.74 Å². The summed E-state index contributed by atoms with van der Waals surface area (Å²) in [7, 11) is 0. The number of nitrogens with one attached hydrogen (secondary N) is 1. The van der Waals surface area contributed by atoms with Gasteiger partial charge in [0.15, 0.2) is 0 Å². The summed E-state index contributed by atoms with van der Waals surface area (Å²) in [5.41, 5.74) is 0. The number of rotatable bonds is 5. The Bertz CT molecular complexity index is 160. The summed E-state index contributed by atoms with van der Waals surface area (Å²) in [6, 6.07) is 0.648. The van der Waals surface area contributed by atoms with Gasteiger partial charge in [0.05, 0.1) is 12.7 Å². The summed E-state index contributed by atoms with van der Waals surface area (Å²) in [4.78, 5) is 0. The van der Waals surface area contributed by atoms with Crippen LogP contribution in [0.25, 0.3) is 0 Å². The van der Waals surface area contributed by atoms with E-state index in [1.165, 1.54) is 12.8 Å². The van der Waals surface area contributed by atoms with Gasteiger partial charge in [-0.15, -0.1) is 0 Å². The fourth-order valence-corrected chi connectivity index (χ4v) is 2.42. The molecule has 4 unspecified atom stereocenters. The second kappa shape index (κ2) is 5.72. The lowest BCUT2D eigenvalue weighted by Gasteiger charge is -2.28. The van der Waals surface area contributed by atoms with Gasteiger partial charge in [0, 0.05) is 12.0 Å². The second-order valence-corrected chi connectivity index (χ2v) is 4.61. The van der Waals surface area contributed by atoms with Crippen LogP contribution in [0.3, 0.4) is 0 Å². The molecule has 1 saturated heterocycles. The monoisotopic (exact) mass is 199 g/mol.